The van der Waals surface area contributed by atoms with Gasteiger partial charge in [-0.3, -0.25) is 4.79 Å². The van der Waals surface area contributed by atoms with E-state index in [0.29, 0.717) is 19.0 Å². The summed E-state index contributed by atoms with van der Waals surface area (Å²) >= 11 is 1.74. The number of amides is 1. The smallest absolute Gasteiger partial charge is 0.275 e. The van der Waals surface area contributed by atoms with E-state index in [-0.39, 0.29) is 5.91 Å². The van der Waals surface area contributed by atoms with Gasteiger partial charge in [-0.25, -0.2) is 0 Å². The van der Waals surface area contributed by atoms with E-state index in [1.54, 1.807) is 11.8 Å². The summed E-state index contributed by atoms with van der Waals surface area (Å²) in [5.41, 5.74) is 2.52. The monoisotopic (exact) mass is 343 g/mol. The van der Waals surface area contributed by atoms with E-state index in [4.69, 9.17) is 0 Å². The van der Waals surface area contributed by atoms with Gasteiger partial charge in [0.2, 0.25) is 0 Å². The van der Waals surface area contributed by atoms with Crippen LogP contribution in [0.15, 0.2) is 59.5 Å². The Balaban J connectivity index is 1.74. The summed E-state index contributed by atoms with van der Waals surface area (Å²) in [6.07, 6.45) is 2.08. The van der Waals surface area contributed by atoms with Crippen molar-refractivity contribution >= 4 is 17.7 Å². The Morgan fingerprint density at radius 2 is 1.79 bits per heavy atom. The van der Waals surface area contributed by atoms with Gasteiger partial charge in [0, 0.05) is 17.0 Å². The van der Waals surface area contributed by atoms with Crippen molar-refractivity contribution in [2.75, 3.05) is 26.4 Å². The van der Waals surface area contributed by atoms with E-state index in [1.807, 2.05) is 18.2 Å². The van der Waals surface area contributed by atoms with E-state index < -0.39 is 0 Å². The van der Waals surface area contributed by atoms with Crippen LogP contribution in [0.5, 0.6) is 0 Å². The fraction of sp³-hybridized carbons (Fsp3) is 0.350. The number of thioether (sulfide) groups is 1. The number of carbonyl (C=O) groups is 1. The average molecular weight is 344 g/mol. The van der Waals surface area contributed by atoms with Crippen LogP contribution in [-0.4, -0.2) is 32.3 Å². The highest BCUT2D eigenvalue weighted by Gasteiger charge is 2.12. The molecule has 0 saturated heterocycles. The van der Waals surface area contributed by atoms with Crippen LogP contribution in [0.25, 0.3) is 0 Å². The molecular formula is C20H27N2OS+. The van der Waals surface area contributed by atoms with Crippen molar-refractivity contribution in [1.29, 1.82) is 0 Å². The number of benzene rings is 2. The van der Waals surface area contributed by atoms with Gasteiger partial charge in [-0.15, -0.1) is 11.8 Å². The molecule has 2 atom stereocenters. The van der Waals surface area contributed by atoms with Crippen LogP contribution in [0.1, 0.15) is 24.0 Å². The highest BCUT2D eigenvalue weighted by atomic mass is 32.2. The molecule has 0 saturated carbocycles. The van der Waals surface area contributed by atoms with E-state index in [1.165, 1.54) is 20.9 Å². The molecule has 0 aliphatic heterocycles. The quantitative estimate of drug-likeness (QED) is 0.722. The van der Waals surface area contributed by atoms with Gasteiger partial charge in [-0.1, -0.05) is 49.4 Å². The lowest BCUT2D eigenvalue weighted by molar-refractivity contribution is -0.885. The maximum Gasteiger partial charge on any atom is 0.275 e. The Kier molecular flexibility index (Phi) is 7.35. The molecule has 0 heterocycles. The molecule has 128 valence electrons. The summed E-state index contributed by atoms with van der Waals surface area (Å²) in [5.74, 6) is 0.436. The summed E-state index contributed by atoms with van der Waals surface area (Å²) in [7, 11) is 2.06. The molecule has 2 aromatic rings. The summed E-state index contributed by atoms with van der Waals surface area (Å²) < 4.78 is 0. The highest BCUT2D eigenvalue weighted by molar-refractivity contribution is 7.98. The molecule has 0 spiro atoms. The van der Waals surface area contributed by atoms with Crippen molar-refractivity contribution in [3.63, 3.8) is 0 Å². The molecule has 0 aliphatic rings. The largest absolute Gasteiger partial charge is 0.351 e. The van der Waals surface area contributed by atoms with Crippen molar-refractivity contribution in [1.82, 2.24) is 5.32 Å². The summed E-state index contributed by atoms with van der Waals surface area (Å²) in [4.78, 5) is 14.6. The topological polar surface area (TPSA) is 33.5 Å². The second-order valence-corrected chi connectivity index (χ2v) is 7.15. The van der Waals surface area contributed by atoms with Gasteiger partial charge in [0.15, 0.2) is 6.54 Å². The van der Waals surface area contributed by atoms with E-state index in [2.05, 4.69) is 61.9 Å². The van der Waals surface area contributed by atoms with Gasteiger partial charge in [-0.05, 0) is 29.9 Å². The minimum absolute atomic E-state index is 0.107. The van der Waals surface area contributed by atoms with Gasteiger partial charge in [-0.2, -0.15) is 0 Å². The standard InChI is InChI=1S/C20H26N2OS/c1-16(18-7-5-4-6-8-18)13-21-20(23)15-22(2)14-17-9-11-19(24-3)12-10-17/h4-12,16H,13-15H2,1-3H3,(H,21,23)/p+1/t16-/m1/s1. The summed E-state index contributed by atoms with van der Waals surface area (Å²) in [6.45, 7) is 4.17. The van der Waals surface area contributed by atoms with E-state index in [0.717, 1.165) is 6.54 Å². The van der Waals surface area contributed by atoms with Crippen molar-refractivity contribution in [3.8, 4) is 0 Å². The van der Waals surface area contributed by atoms with Gasteiger partial charge in [0.25, 0.3) is 5.91 Å². The zero-order valence-corrected chi connectivity index (χ0v) is 15.5. The van der Waals surface area contributed by atoms with Gasteiger partial charge >= 0.3 is 0 Å². The lowest BCUT2D eigenvalue weighted by Crippen LogP contribution is -3.08. The maximum absolute atomic E-state index is 12.1. The fourth-order valence-corrected chi connectivity index (χ4v) is 3.07. The number of nitrogens with one attached hydrogen (secondary N) is 2. The lowest BCUT2D eigenvalue weighted by atomic mass is 10.0. The highest BCUT2D eigenvalue weighted by Crippen LogP contribution is 2.14. The molecular weight excluding hydrogens is 316 g/mol. The minimum Gasteiger partial charge on any atom is -0.351 e. The first-order valence-corrected chi connectivity index (χ1v) is 9.57. The number of hydrogen-bond acceptors (Lipinski definition) is 2. The second-order valence-electron chi connectivity index (χ2n) is 6.27. The Bertz CT molecular complexity index is 628. The number of hydrogen-bond donors (Lipinski definition) is 2. The van der Waals surface area contributed by atoms with Crippen molar-refractivity contribution < 1.29 is 9.69 Å². The molecule has 1 unspecified atom stereocenters. The first kappa shape index (κ1) is 18.6. The lowest BCUT2D eigenvalue weighted by Gasteiger charge is -2.16. The SMILES string of the molecule is CSc1ccc(C[NH+](C)CC(=O)NC[C@@H](C)c2ccccc2)cc1. The number of rotatable bonds is 8. The van der Waals surface area contributed by atoms with Crippen LogP contribution >= 0.6 is 11.8 Å². The molecule has 0 bridgehead atoms. The van der Waals surface area contributed by atoms with Crippen molar-refractivity contribution in [2.24, 2.45) is 0 Å². The third-order valence-corrected chi connectivity index (χ3v) is 4.84. The summed E-state index contributed by atoms with van der Waals surface area (Å²) in [6, 6.07) is 18.8. The van der Waals surface area contributed by atoms with E-state index in [9.17, 15) is 4.79 Å². The molecule has 1 amide bonds. The average Bonchev–Trinajstić information content (AvgIpc) is 2.61. The van der Waals surface area contributed by atoms with Crippen LogP contribution in [0.4, 0.5) is 0 Å². The molecule has 0 radical (unpaired) electrons. The molecule has 4 heteroatoms. The molecule has 0 aromatic heterocycles. The number of carbonyl (C=O) groups excluding carboxylic acids is 1. The fourth-order valence-electron chi connectivity index (χ4n) is 2.66. The Morgan fingerprint density at radius 3 is 2.42 bits per heavy atom. The number of quaternary nitrogens is 1. The molecule has 24 heavy (non-hydrogen) atoms. The molecule has 3 nitrogen and oxygen atoms in total. The van der Waals surface area contributed by atoms with Gasteiger partial charge < -0.3 is 10.2 Å². The zero-order valence-electron chi connectivity index (χ0n) is 14.7. The molecule has 2 aromatic carbocycles. The third-order valence-electron chi connectivity index (χ3n) is 4.10. The van der Waals surface area contributed by atoms with Crippen LogP contribution in [0.3, 0.4) is 0 Å². The zero-order chi connectivity index (χ0) is 17.4. The van der Waals surface area contributed by atoms with E-state index >= 15 is 0 Å². The minimum atomic E-state index is 0.107. The van der Waals surface area contributed by atoms with Crippen molar-refractivity contribution in [2.45, 2.75) is 24.3 Å². The van der Waals surface area contributed by atoms with Gasteiger partial charge in [0.05, 0.1) is 7.05 Å². The van der Waals surface area contributed by atoms with Crippen LogP contribution in [0, 0.1) is 0 Å². The maximum atomic E-state index is 12.1. The first-order valence-electron chi connectivity index (χ1n) is 8.34. The van der Waals surface area contributed by atoms with Crippen molar-refractivity contribution in [3.05, 3.63) is 65.7 Å². The predicted molar refractivity (Wildman–Crippen MR) is 102 cm³/mol. The Labute approximate surface area is 149 Å². The second kappa shape index (κ2) is 9.50. The summed E-state index contributed by atoms with van der Waals surface area (Å²) in [5, 5.41) is 3.05. The third kappa shape index (κ3) is 6.02. The molecule has 0 aliphatic carbocycles. The normalized spacial score (nSPS) is 13.3. The number of likely N-dealkylation sites (N-methyl/N-ethyl adjacent to an activating group) is 1. The molecule has 2 rings (SSSR count). The first-order chi connectivity index (χ1) is 11.6. The predicted octanol–water partition coefficient (Wildman–Crippen LogP) is 2.34. The Morgan fingerprint density at radius 1 is 1.12 bits per heavy atom. The van der Waals surface area contributed by atoms with Gasteiger partial charge in [0.1, 0.15) is 6.54 Å². The van der Waals surface area contributed by atoms with Crippen LogP contribution in [-0.2, 0) is 11.3 Å². The van der Waals surface area contributed by atoms with Crippen LogP contribution in [0.2, 0.25) is 0 Å². The Hall–Kier alpha value is -1.78. The molecule has 2 N–H and O–H groups in total. The van der Waals surface area contributed by atoms with Crippen LogP contribution < -0.4 is 10.2 Å². The molecule has 0 fully saturated rings.